The van der Waals surface area contributed by atoms with Crippen molar-refractivity contribution in [2.24, 2.45) is 0 Å². The first-order valence-corrected chi connectivity index (χ1v) is 7.11. The number of rotatable bonds is 2. The van der Waals surface area contributed by atoms with Crippen LogP contribution >= 0.6 is 0 Å². The van der Waals surface area contributed by atoms with Crippen LogP contribution in [0.25, 0.3) is 22.0 Å². The molecule has 0 atom stereocenters. The molecule has 0 aliphatic carbocycles. The van der Waals surface area contributed by atoms with E-state index in [1.54, 1.807) is 18.6 Å². The van der Waals surface area contributed by atoms with E-state index in [9.17, 15) is 4.79 Å². The first kappa shape index (κ1) is 19.7. The number of aliphatic hydroxyl groups is 1. The maximum atomic E-state index is 10.0. The Labute approximate surface area is 154 Å². The summed E-state index contributed by atoms with van der Waals surface area (Å²) in [5.41, 5.74) is 1.83. The van der Waals surface area contributed by atoms with Crippen LogP contribution in [0.1, 0.15) is 13.8 Å². The van der Waals surface area contributed by atoms with Gasteiger partial charge in [-0.2, -0.15) is 0 Å². The fraction of sp³-hybridized carbons (Fsp3) is 0.105. The van der Waals surface area contributed by atoms with E-state index in [0.717, 1.165) is 16.6 Å². The fourth-order valence-corrected chi connectivity index (χ4v) is 2.00. The number of nitrogens with zero attached hydrogens (tertiary/aromatic N) is 2. The third kappa shape index (κ3) is 6.03. The van der Waals surface area contributed by atoms with Crippen LogP contribution < -0.4 is 0 Å². The Bertz CT molecular complexity index is 829. The minimum Gasteiger partial charge on any atom is -0.512 e. The number of allylic oxidation sites excluding steroid dienone is 2. The summed E-state index contributed by atoms with van der Waals surface area (Å²) in [6.07, 6.45) is 6.28. The molecule has 5 heteroatoms. The molecule has 0 saturated carbocycles. The van der Waals surface area contributed by atoms with E-state index in [1.165, 1.54) is 25.3 Å². The number of hydrogen-bond donors (Lipinski definition) is 1. The van der Waals surface area contributed by atoms with Gasteiger partial charge in [0, 0.05) is 50.5 Å². The summed E-state index contributed by atoms with van der Waals surface area (Å²) in [7, 11) is 0. The molecule has 4 nitrogen and oxygen atoms in total. The zero-order valence-corrected chi connectivity index (χ0v) is 15.8. The number of aliphatic hydroxyl groups excluding tert-OH is 1. The molecular weight excluding hydrogens is 480 g/mol. The van der Waals surface area contributed by atoms with Gasteiger partial charge in [-0.15, -0.1) is 29.7 Å². The summed E-state index contributed by atoms with van der Waals surface area (Å²) in [5.74, 6) is -0.0625. The van der Waals surface area contributed by atoms with E-state index >= 15 is 0 Å². The van der Waals surface area contributed by atoms with Crippen LogP contribution in [0.4, 0.5) is 0 Å². The minimum absolute atomic E-state index is 0. The smallest absolute Gasteiger partial charge is 0.155 e. The Morgan fingerprint density at radius 2 is 1.88 bits per heavy atom. The van der Waals surface area contributed by atoms with E-state index in [0.29, 0.717) is 0 Å². The Morgan fingerprint density at radius 3 is 2.46 bits per heavy atom. The van der Waals surface area contributed by atoms with Gasteiger partial charge < -0.3 is 5.11 Å². The maximum Gasteiger partial charge on any atom is 0.155 e. The van der Waals surface area contributed by atoms with Gasteiger partial charge in [-0.3, -0.25) is 14.8 Å². The molecule has 3 rings (SSSR count). The van der Waals surface area contributed by atoms with Crippen LogP contribution in [-0.4, -0.2) is 20.9 Å². The standard InChI is InChI=1S/C14H9N2.C5H8O2.Ir/c1-2-4-12-9-13(6-5-11(12)3-1)14-10-15-7-8-16-14;1-4(6)3-5(2)7;/h1-8,10H;3,6H,1-2H3;/q-1;;/b;4-3-;. The number of carbonyl (C=O) groups is 1. The largest absolute Gasteiger partial charge is 0.512 e. The van der Waals surface area contributed by atoms with Gasteiger partial charge >= 0.3 is 0 Å². The van der Waals surface area contributed by atoms with Gasteiger partial charge in [0.25, 0.3) is 0 Å². The first-order valence-electron chi connectivity index (χ1n) is 7.11. The van der Waals surface area contributed by atoms with Crippen molar-refractivity contribution in [3.63, 3.8) is 0 Å². The third-order valence-corrected chi connectivity index (χ3v) is 2.91. The molecule has 0 aliphatic heterocycles. The number of benzene rings is 2. The molecule has 0 unspecified atom stereocenters. The Balaban J connectivity index is 0.000000312. The SMILES string of the molecule is CC(=O)/C=C(/C)O.[Ir].[c-]1c(-c2cnccn2)ccc2ccccc12. The number of hydrogen-bond acceptors (Lipinski definition) is 4. The minimum atomic E-state index is -0.125. The third-order valence-electron chi connectivity index (χ3n) is 2.91. The van der Waals surface area contributed by atoms with Gasteiger partial charge in [-0.25, -0.2) is 0 Å². The summed E-state index contributed by atoms with van der Waals surface area (Å²) >= 11 is 0. The monoisotopic (exact) mass is 498 g/mol. The average Bonchev–Trinajstić information content (AvgIpc) is 2.54. The molecule has 3 aromatic rings. The molecule has 1 N–H and O–H groups in total. The second-order valence-electron chi connectivity index (χ2n) is 4.95. The summed E-state index contributed by atoms with van der Waals surface area (Å²) in [5, 5.41) is 10.7. The molecular formula is C19H17IrN2O2-. The topological polar surface area (TPSA) is 63.1 Å². The van der Waals surface area contributed by atoms with Crippen LogP contribution in [0, 0.1) is 6.07 Å². The summed E-state index contributed by atoms with van der Waals surface area (Å²) in [6.45, 7) is 2.85. The van der Waals surface area contributed by atoms with Crippen molar-refractivity contribution in [1.82, 2.24) is 9.97 Å². The van der Waals surface area contributed by atoms with E-state index in [2.05, 4.69) is 34.2 Å². The van der Waals surface area contributed by atoms with Crippen molar-refractivity contribution in [3.8, 4) is 11.3 Å². The van der Waals surface area contributed by atoms with Crippen molar-refractivity contribution in [2.75, 3.05) is 0 Å². The number of carbonyl (C=O) groups excluding carboxylic acids is 1. The predicted octanol–water partition coefficient (Wildman–Crippen LogP) is 4.13. The average molecular weight is 498 g/mol. The van der Waals surface area contributed by atoms with Gasteiger partial charge in [0.15, 0.2) is 5.78 Å². The Kier molecular flexibility index (Phi) is 7.96. The molecule has 0 amide bonds. The van der Waals surface area contributed by atoms with Crippen LogP contribution in [0.5, 0.6) is 0 Å². The summed E-state index contributed by atoms with van der Waals surface area (Å²) in [6, 6.07) is 15.6. The van der Waals surface area contributed by atoms with Crippen LogP contribution in [0.2, 0.25) is 0 Å². The van der Waals surface area contributed by atoms with E-state index < -0.39 is 0 Å². The normalized spacial score (nSPS) is 10.3. The van der Waals surface area contributed by atoms with Gasteiger partial charge in [0.05, 0.1) is 5.76 Å². The van der Waals surface area contributed by atoms with Gasteiger partial charge in [0.2, 0.25) is 0 Å². The summed E-state index contributed by atoms with van der Waals surface area (Å²) < 4.78 is 0. The Morgan fingerprint density at radius 1 is 1.12 bits per heavy atom. The second kappa shape index (κ2) is 9.71. The molecule has 125 valence electrons. The van der Waals surface area contributed by atoms with Crippen molar-refractivity contribution in [3.05, 3.63) is 72.9 Å². The van der Waals surface area contributed by atoms with Crippen molar-refractivity contribution >= 4 is 16.6 Å². The number of fused-ring (bicyclic) bond motifs is 1. The zero-order valence-electron chi connectivity index (χ0n) is 13.4. The molecule has 0 aliphatic rings. The van der Waals surface area contributed by atoms with Gasteiger partial charge in [-0.05, 0) is 13.8 Å². The second-order valence-corrected chi connectivity index (χ2v) is 4.95. The number of ketones is 1. The zero-order chi connectivity index (χ0) is 16.7. The molecule has 2 aromatic carbocycles. The van der Waals surface area contributed by atoms with Crippen molar-refractivity contribution in [2.45, 2.75) is 13.8 Å². The van der Waals surface area contributed by atoms with Gasteiger partial charge in [0.1, 0.15) is 0 Å². The van der Waals surface area contributed by atoms with Crippen molar-refractivity contribution in [1.29, 1.82) is 0 Å². The van der Waals surface area contributed by atoms with E-state index in [4.69, 9.17) is 5.11 Å². The molecule has 0 fully saturated rings. The molecule has 1 aromatic heterocycles. The van der Waals surface area contributed by atoms with Crippen LogP contribution in [0.3, 0.4) is 0 Å². The van der Waals surface area contributed by atoms with Crippen LogP contribution in [0.15, 0.2) is 66.8 Å². The Hall–Kier alpha value is -2.36. The molecule has 1 radical (unpaired) electrons. The van der Waals surface area contributed by atoms with Crippen LogP contribution in [-0.2, 0) is 24.9 Å². The van der Waals surface area contributed by atoms with E-state index in [1.807, 2.05) is 18.2 Å². The number of aromatic nitrogens is 2. The van der Waals surface area contributed by atoms with E-state index in [-0.39, 0.29) is 31.6 Å². The molecule has 24 heavy (non-hydrogen) atoms. The van der Waals surface area contributed by atoms with Crippen molar-refractivity contribution < 1.29 is 30.0 Å². The predicted molar refractivity (Wildman–Crippen MR) is 90.9 cm³/mol. The van der Waals surface area contributed by atoms with Gasteiger partial charge in [-0.1, -0.05) is 29.1 Å². The molecule has 0 saturated heterocycles. The molecule has 0 spiro atoms. The molecule has 0 bridgehead atoms. The quantitative estimate of drug-likeness (QED) is 0.329. The maximum absolute atomic E-state index is 10.0. The summed E-state index contributed by atoms with van der Waals surface area (Å²) in [4.78, 5) is 18.3. The first-order chi connectivity index (χ1) is 11.1. The molecule has 1 heterocycles. The fourth-order valence-electron chi connectivity index (χ4n) is 2.00.